The molecule has 0 spiro atoms. The number of halogens is 3. The molecule has 1 heterocycles. The summed E-state index contributed by atoms with van der Waals surface area (Å²) >= 11 is 0. The number of alkyl halides is 3. The maximum absolute atomic E-state index is 13.1. The number of nitrogens with zero attached hydrogens (tertiary/aromatic N) is 1. The summed E-state index contributed by atoms with van der Waals surface area (Å²) in [6.45, 7) is 1.83. The molecule has 0 saturated heterocycles. The minimum atomic E-state index is -4.46. The first kappa shape index (κ1) is 16.1. The molecule has 1 amide bonds. The number of hydrogen-bond donors (Lipinski definition) is 2. The number of aliphatic imine (C=N–C) groups is 1. The van der Waals surface area contributed by atoms with Gasteiger partial charge in [0.15, 0.2) is 0 Å². The van der Waals surface area contributed by atoms with Gasteiger partial charge in [0.05, 0.1) is 24.8 Å². The molecule has 2 rings (SSSR count). The summed E-state index contributed by atoms with van der Waals surface area (Å²) in [5.41, 5.74) is -0.640. The Morgan fingerprint density at radius 2 is 2.09 bits per heavy atom. The fourth-order valence-corrected chi connectivity index (χ4v) is 2.36. The molecule has 1 aliphatic rings. The number of guanidine groups is 1. The smallest absolute Gasteiger partial charge is 0.416 e. The number of rotatable bonds is 2. The first-order valence-corrected chi connectivity index (χ1v) is 6.72. The van der Waals surface area contributed by atoms with E-state index in [2.05, 4.69) is 20.4 Å². The highest BCUT2D eigenvalue weighted by Crippen LogP contribution is 2.38. The van der Waals surface area contributed by atoms with Crippen molar-refractivity contribution < 1.29 is 22.7 Å². The summed E-state index contributed by atoms with van der Waals surface area (Å²) in [6.07, 6.45) is -4.64. The molecule has 2 N–H and O–H groups in total. The molecule has 0 saturated carbocycles. The first-order chi connectivity index (χ1) is 10.4. The second-order valence-corrected chi connectivity index (χ2v) is 4.78. The standard InChI is InChI=1S/C14H16F3N3O2/c1-3-10-11(19-12(18-10)20-13(21)22-2)8-6-4-5-7-9(8)14(15,16)17/h4-7,10-11H,3H2,1-2H3,(H2,18,19,20,21). The van der Waals surface area contributed by atoms with E-state index in [1.165, 1.54) is 19.2 Å². The van der Waals surface area contributed by atoms with Gasteiger partial charge in [0.25, 0.3) is 0 Å². The van der Waals surface area contributed by atoms with E-state index in [-0.39, 0.29) is 17.6 Å². The molecule has 2 unspecified atom stereocenters. The molecule has 1 aromatic carbocycles. The van der Waals surface area contributed by atoms with Gasteiger partial charge in [0.1, 0.15) is 0 Å². The Morgan fingerprint density at radius 3 is 2.68 bits per heavy atom. The van der Waals surface area contributed by atoms with E-state index in [0.717, 1.165) is 6.07 Å². The number of nitrogens with one attached hydrogen (secondary N) is 2. The van der Waals surface area contributed by atoms with Gasteiger partial charge in [0, 0.05) is 0 Å². The highest BCUT2D eigenvalue weighted by Gasteiger charge is 2.38. The lowest BCUT2D eigenvalue weighted by Gasteiger charge is -2.20. The summed E-state index contributed by atoms with van der Waals surface area (Å²) in [5, 5.41) is 5.25. The van der Waals surface area contributed by atoms with Gasteiger partial charge in [-0.1, -0.05) is 25.1 Å². The van der Waals surface area contributed by atoms with Crippen LogP contribution in [0.1, 0.15) is 30.5 Å². The molecule has 0 aliphatic carbocycles. The molecule has 120 valence electrons. The van der Waals surface area contributed by atoms with Gasteiger partial charge in [-0.3, -0.25) is 5.32 Å². The van der Waals surface area contributed by atoms with Gasteiger partial charge in [-0.15, -0.1) is 0 Å². The monoisotopic (exact) mass is 315 g/mol. The molecular formula is C14H16F3N3O2. The van der Waals surface area contributed by atoms with Crippen molar-refractivity contribution in [2.24, 2.45) is 4.99 Å². The minimum absolute atomic E-state index is 0.0796. The third-order valence-corrected chi connectivity index (χ3v) is 3.40. The van der Waals surface area contributed by atoms with Crippen molar-refractivity contribution in [1.29, 1.82) is 0 Å². The zero-order valence-electron chi connectivity index (χ0n) is 12.1. The van der Waals surface area contributed by atoms with Crippen molar-refractivity contribution in [3.8, 4) is 0 Å². The van der Waals surface area contributed by atoms with Crippen LogP contribution in [-0.2, 0) is 10.9 Å². The van der Waals surface area contributed by atoms with Gasteiger partial charge in [0.2, 0.25) is 5.96 Å². The van der Waals surface area contributed by atoms with E-state index in [1.807, 2.05) is 6.92 Å². The summed E-state index contributed by atoms with van der Waals surface area (Å²) < 4.78 is 43.9. The molecule has 0 bridgehead atoms. The third-order valence-electron chi connectivity index (χ3n) is 3.40. The van der Waals surface area contributed by atoms with E-state index >= 15 is 0 Å². The number of benzene rings is 1. The fraction of sp³-hybridized carbons (Fsp3) is 0.429. The van der Waals surface area contributed by atoms with Gasteiger partial charge in [-0.2, -0.15) is 13.2 Å². The predicted octanol–water partition coefficient (Wildman–Crippen LogP) is 2.84. The Bertz CT molecular complexity index is 587. The summed E-state index contributed by atoms with van der Waals surface area (Å²) in [5.74, 6) is 0.112. The number of amides is 1. The van der Waals surface area contributed by atoms with Crippen LogP contribution in [0.3, 0.4) is 0 Å². The molecule has 2 atom stereocenters. The van der Waals surface area contributed by atoms with Crippen molar-refractivity contribution in [3.05, 3.63) is 35.4 Å². The van der Waals surface area contributed by atoms with Crippen molar-refractivity contribution in [3.63, 3.8) is 0 Å². The largest absolute Gasteiger partial charge is 0.453 e. The lowest BCUT2D eigenvalue weighted by Crippen LogP contribution is -2.41. The van der Waals surface area contributed by atoms with Gasteiger partial charge < -0.3 is 10.1 Å². The molecule has 0 fully saturated rings. The Balaban J connectivity index is 2.36. The fourth-order valence-electron chi connectivity index (χ4n) is 2.36. The highest BCUT2D eigenvalue weighted by atomic mass is 19.4. The minimum Gasteiger partial charge on any atom is -0.453 e. The Labute approximate surface area is 125 Å². The molecule has 1 aromatic rings. The van der Waals surface area contributed by atoms with Gasteiger partial charge >= 0.3 is 12.3 Å². The molecule has 1 aliphatic heterocycles. The lowest BCUT2D eigenvalue weighted by molar-refractivity contribution is -0.138. The number of methoxy groups -OCH3 is 1. The number of carbonyl (C=O) groups is 1. The van der Waals surface area contributed by atoms with Crippen molar-refractivity contribution in [2.75, 3.05) is 7.11 Å². The van der Waals surface area contributed by atoms with Crippen LogP contribution < -0.4 is 10.6 Å². The van der Waals surface area contributed by atoms with Crippen LogP contribution in [-0.4, -0.2) is 25.2 Å². The van der Waals surface area contributed by atoms with Crippen LogP contribution in [0.4, 0.5) is 18.0 Å². The maximum Gasteiger partial charge on any atom is 0.416 e. The second-order valence-electron chi connectivity index (χ2n) is 4.78. The number of hydrogen-bond acceptors (Lipinski definition) is 4. The summed E-state index contributed by atoms with van der Waals surface area (Å²) in [4.78, 5) is 15.4. The Morgan fingerprint density at radius 1 is 1.41 bits per heavy atom. The van der Waals surface area contributed by atoms with Crippen LogP contribution in [0, 0.1) is 0 Å². The number of ether oxygens (including phenoxy) is 1. The van der Waals surface area contributed by atoms with Crippen molar-refractivity contribution in [1.82, 2.24) is 10.6 Å². The summed E-state index contributed by atoms with van der Waals surface area (Å²) in [7, 11) is 1.19. The zero-order chi connectivity index (χ0) is 16.3. The van der Waals surface area contributed by atoms with E-state index in [0.29, 0.717) is 6.42 Å². The third kappa shape index (κ3) is 3.32. The van der Waals surface area contributed by atoms with Crippen molar-refractivity contribution >= 4 is 12.1 Å². The van der Waals surface area contributed by atoms with E-state index in [9.17, 15) is 18.0 Å². The second kappa shape index (κ2) is 6.25. The molecule has 5 nitrogen and oxygen atoms in total. The average molecular weight is 315 g/mol. The number of carbonyl (C=O) groups excluding carboxylic acids is 1. The normalized spacial score (nSPS) is 21.0. The van der Waals surface area contributed by atoms with E-state index in [1.54, 1.807) is 6.07 Å². The predicted molar refractivity (Wildman–Crippen MR) is 74.4 cm³/mol. The van der Waals surface area contributed by atoms with E-state index in [4.69, 9.17) is 0 Å². The van der Waals surface area contributed by atoms with Crippen LogP contribution in [0.2, 0.25) is 0 Å². The SMILES string of the molecule is CCC1NC(NC(=O)OC)=NC1c1ccccc1C(F)(F)F. The first-order valence-electron chi connectivity index (χ1n) is 6.72. The van der Waals surface area contributed by atoms with Gasteiger partial charge in [-0.25, -0.2) is 9.79 Å². The molecule has 22 heavy (non-hydrogen) atoms. The molecule has 8 heteroatoms. The van der Waals surface area contributed by atoms with Crippen LogP contribution in [0.15, 0.2) is 29.3 Å². The number of alkyl carbamates (subject to hydrolysis) is 1. The van der Waals surface area contributed by atoms with Crippen LogP contribution in [0.5, 0.6) is 0 Å². The van der Waals surface area contributed by atoms with Crippen LogP contribution in [0.25, 0.3) is 0 Å². The quantitative estimate of drug-likeness (QED) is 0.882. The lowest BCUT2D eigenvalue weighted by atomic mass is 9.94. The maximum atomic E-state index is 13.1. The Hall–Kier alpha value is -2.25. The zero-order valence-corrected chi connectivity index (χ0v) is 12.1. The molecule has 0 aromatic heterocycles. The molecule has 0 radical (unpaired) electrons. The van der Waals surface area contributed by atoms with Gasteiger partial charge in [-0.05, 0) is 18.1 Å². The highest BCUT2D eigenvalue weighted by molar-refractivity contribution is 5.95. The Kier molecular flexibility index (Phi) is 4.58. The van der Waals surface area contributed by atoms with E-state index < -0.39 is 23.9 Å². The van der Waals surface area contributed by atoms with Crippen molar-refractivity contribution in [2.45, 2.75) is 31.6 Å². The summed E-state index contributed by atoms with van der Waals surface area (Å²) in [6, 6.07) is 4.25. The average Bonchev–Trinajstić information content (AvgIpc) is 2.89. The van der Waals surface area contributed by atoms with Crippen LogP contribution >= 0.6 is 0 Å². The topological polar surface area (TPSA) is 62.7 Å². The molecular weight excluding hydrogens is 299 g/mol.